The molecule has 0 aliphatic heterocycles. The van der Waals surface area contributed by atoms with Gasteiger partial charge in [0.15, 0.2) is 5.13 Å². The van der Waals surface area contributed by atoms with E-state index in [1.807, 2.05) is 18.2 Å². The number of hydrogen-bond donors (Lipinski definition) is 1. The minimum Gasteiger partial charge on any atom is -0.497 e. The van der Waals surface area contributed by atoms with Gasteiger partial charge in [0.2, 0.25) is 0 Å². The molecule has 1 aromatic heterocycles. The first-order valence-electron chi connectivity index (χ1n) is 8.18. The summed E-state index contributed by atoms with van der Waals surface area (Å²) in [7, 11) is 1.59. The molecule has 0 bridgehead atoms. The van der Waals surface area contributed by atoms with E-state index in [9.17, 15) is 4.79 Å². The fourth-order valence-corrected chi connectivity index (χ4v) is 3.18. The van der Waals surface area contributed by atoms with Gasteiger partial charge in [-0.2, -0.15) is 0 Å². The second-order valence-electron chi connectivity index (χ2n) is 5.53. The van der Waals surface area contributed by atoms with Crippen molar-refractivity contribution < 1.29 is 14.3 Å². The number of fused-ring (bicyclic) bond motifs is 1. The van der Waals surface area contributed by atoms with Crippen LogP contribution < -0.4 is 14.8 Å². The lowest BCUT2D eigenvalue weighted by Gasteiger charge is -2.04. The molecule has 3 rings (SSSR count). The monoisotopic (exact) mass is 356 g/mol. The van der Waals surface area contributed by atoms with E-state index in [0.717, 1.165) is 28.8 Å². The maximum Gasteiger partial charge on any atom is 0.257 e. The normalized spacial score (nSPS) is 10.6. The second kappa shape index (κ2) is 7.98. The molecular formula is C19H20N2O3S. The highest BCUT2D eigenvalue weighted by Crippen LogP contribution is 2.29. The number of rotatable bonds is 7. The number of benzene rings is 2. The van der Waals surface area contributed by atoms with Crippen molar-refractivity contribution in [1.29, 1.82) is 0 Å². The van der Waals surface area contributed by atoms with Gasteiger partial charge in [0.1, 0.15) is 11.5 Å². The van der Waals surface area contributed by atoms with Crippen molar-refractivity contribution in [2.24, 2.45) is 0 Å². The Morgan fingerprint density at radius 1 is 1.16 bits per heavy atom. The maximum atomic E-state index is 12.3. The van der Waals surface area contributed by atoms with Crippen LogP contribution in [0.3, 0.4) is 0 Å². The number of amides is 1. The molecule has 1 heterocycles. The van der Waals surface area contributed by atoms with Crippen LogP contribution in [0.1, 0.15) is 30.1 Å². The summed E-state index contributed by atoms with van der Waals surface area (Å²) < 4.78 is 11.8. The SMILES string of the molecule is CCCCOc1ccc2nc(NC(=O)c3ccc(OC)cc3)sc2c1. The molecule has 130 valence electrons. The second-order valence-corrected chi connectivity index (χ2v) is 6.56. The van der Waals surface area contributed by atoms with E-state index in [1.165, 1.54) is 11.3 Å². The molecule has 0 aliphatic carbocycles. The number of nitrogens with one attached hydrogen (secondary N) is 1. The molecule has 0 unspecified atom stereocenters. The first-order chi connectivity index (χ1) is 12.2. The van der Waals surface area contributed by atoms with Crippen LogP contribution in [0.25, 0.3) is 10.2 Å². The Labute approximate surface area is 150 Å². The van der Waals surface area contributed by atoms with Gasteiger partial charge in [-0.1, -0.05) is 24.7 Å². The number of nitrogens with zero attached hydrogens (tertiary/aromatic N) is 1. The average Bonchev–Trinajstić information content (AvgIpc) is 3.03. The van der Waals surface area contributed by atoms with Crippen molar-refractivity contribution in [3.8, 4) is 11.5 Å². The quantitative estimate of drug-likeness (QED) is 0.621. The maximum absolute atomic E-state index is 12.3. The van der Waals surface area contributed by atoms with Crippen LogP contribution in [0.15, 0.2) is 42.5 Å². The van der Waals surface area contributed by atoms with Gasteiger partial charge in [-0.3, -0.25) is 10.1 Å². The summed E-state index contributed by atoms with van der Waals surface area (Å²) in [4.78, 5) is 16.8. The summed E-state index contributed by atoms with van der Waals surface area (Å²) in [6, 6.07) is 12.7. The fraction of sp³-hybridized carbons (Fsp3) is 0.263. The van der Waals surface area contributed by atoms with Gasteiger partial charge < -0.3 is 9.47 Å². The molecule has 1 N–H and O–H groups in total. The topological polar surface area (TPSA) is 60.5 Å². The molecule has 0 saturated heterocycles. The van der Waals surface area contributed by atoms with Gasteiger partial charge in [-0.05, 0) is 48.9 Å². The Balaban J connectivity index is 1.71. The Morgan fingerprint density at radius 3 is 2.64 bits per heavy atom. The van der Waals surface area contributed by atoms with Crippen LogP contribution in [0.4, 0.5) is 5.13 Å². The molecule has 25 heavy (non-hydrogen) atoms. The molecule has 0 spiro atoms. The zero-order valence-electron chi connectivity index (χ0n) is 14.2. The molecule has 0 aliphatic rings. The molecule has 0 radical (unpaired) electrons. The number of unbranched alkanes of at least 4 members (excludes halogenated alkanes) is 1. The summed E-state index contributed by atoms with van der Waals surface area (Å²) in [5, 5.41) is 3.41. The summed E-state index contributed by atoms with van der Waals surface area (Å²) in [5.74, 6) is 1.35. The zero-order valence-corrected chi connectivity index (χ0v) is 15.1. The largest absolute Gasteiger partial charge is 0.497 e. The van der Waals surface area contributed by atoms with Crippen LogP contribution in [0, 0.1) is 0 Å². The summed E-state index contributed by atoms with van der Waals surface area (Å²) in [5.41, 5.74) is 1.40. The third-order valence-corrected chi connectivity index (χ3v) is 4.63. The number of hydrogen-bond acceptors (Lipinski definition) is 5. The van der Waals surface area contributed by atoms with Crippen LogP contribution in [-0.2, 0) is 0 Å². The van der Waals surface area contributed by atoms with Crippen LogP contribution in [0.2, 0.25) is 0 Å². The number of thiazole rings is 1. The lowest BCUT2D eigenvalue weighted by atomic mass is 10.2. The van der Waals surface area contributed by atoms with Gasteiger partial charge in [0, 0.05) is 5.56 Å². The van der Waals surface area contributed by atoms with Gasteiger partial charge in [-0.15, -0.1) is 0 Å². The zero-order chi connectivity index (χ0) is 17.6. The van der Waals surface area contributed by atoms with E-state index in [0.29, 0.717) is 23.1 Å². The molecule has 1 amide bonds. The van der Waals surface area contributed by atoms with Crippen molar-refractivity contribution in [2.45, 2.75) is 19.8 Å². The number of aromatic nitrogens is 1. The Bertz CT molecular complexity index is 859. The van der Waals surface area contributed by atoms with Gasteiger partial charge >= 0.3 is 0 Å². The van der Waals surface area contributed by atoms with E-state index in [4.69, 9.17) is 9.47 Å². The summed E-state index contributed by atoms with van der Waals surface area (Å²) in [6.45, 7) is 2.84. The smallest absolute Gasteiger partial charge is 0.257 e. The van der Waals surface area contributed by atoms with Gasteiger partial charge in [0.05, 0.1) is 23.9 Å². The molecule has 0 saturated carbocycles. The van der Waals surface area contributed by atoms with Crippen molar-refractivity contribution in [3.05, 3.63) is 48.0 Å². The molecule has 0 fully saturated rings. The lowest BCUT2D eigenvalue weighted by Crippen LogP contribution is -2.11. The highest BCUT2D eigenvalue weighted by molar-refractivity contribution is 7.22. The van der Waals surface area contributed by atoms with Crippen molar-refractivity contribution in [2.75, 3.05) is 19.0 Å². The number of carbonyl (C=O) groups excluding carboxylic acids is 1. The van der Waals surface area contributed by atoms with Gasteiger partial charge in [-0.25, -0.2) is 4.98 Å². The summed E-state index contributed by atoms with van der Waals surface area (Å²) in [6.07, 6.45) is 2.13. The van der Waals surface area contributed by atoms with Crippen LogP contribution in [-0.4, -0.2) is 24.6 Å². The predicted octanol–water partition coefficient (Wildman–Crippen LogP) is 4.74. The van der Waals surface area contributed by atoms with E-state index < -0.39 is 0 Å². The lowest BCUT2D eigenvalue weighted by molar-refractivity contribution is 0.102. The number of methoxy groups -OCH3 is 1. The number of carbonyl (C=O) groups is 1. The van der Waals surface area contributed by atoms with Crippen molar-refractivity contribution >= 4 is 32.6 Å². The Hall–Kier alpha value is -2.60. The molecule has 3 aromatic rings. The number of anilines is 1. The van der Waals surface area contributed by atoms with E-state index in [1.54, 1.807) is 31.4 Å². The van der Waals surface area contributed by atoms with Crippen molar-refractivity contribution in [1.82, 2.24) is 4.98 Å². The van der Waals surface area contributed by atoms with Gasteiger partial charge in [0.25, 0.3) is 5.91 Å². The summed E-state index contributed by atoms with van der Waals surface area (Å²) >= 11 is 1.43. The molecule has 0 atom stereocenters. The third-order valence-electron chi connectivity index (χ3n) is 3.70. The minimum absolute atomic E-state index is 0.193. The molecule has 5 nitrogen and oxygen atoms in total. The first-order valence-corrected chi connectivity index (χ1v) is 9.00. The standard InChI is InChI=1S/C19H20N2O3S/c1-3-4-11-24-15-9-10-16-17(12-15)25-19(20-16)21-18(22)13-5-7-14(23-2)8-6-13/h5-10,12H,3-4,11H2,1-2H3,(H,20,21,22). The molecule has 2 aromatic carbocycles. The predicted molar refractivity (Wildman–Crippen MR) is 101 cm³/mol. The third kappa shape index (κ3) is 4.28. The minimum atomic E-state index is -0.193. The highest BCUT2D eigenvalue weighted by Gasteiger charge is 2.11. The first kappa shape index (κ1) is 17.2. The number of ether oxygens (including phenoxy) is 2. The van der Waals surface area contributed by atoms with Crippen LogP contribution >= 0.6 is 11.3 Å². The van der Waals surface area contributed by atoms with E-state index in [2.05, 4.69) is 17.2 Å². The van der Waals surface area contributed by atoms with Crippen molar-refractivity contribution in [3.63, 3.8) is 0 Å². The van der Waals surface area contributed by atoms with E-state index in [-0.39, 0.29) is 5.91 Å². The average molecular weight is 356 g/mol. The van der Waals surface area contributed by atoms with Crippen LogP contribution in [0.5, 0.6) is 11.5 Å². The molecular weight excluding hydrogens is 336 g/mol. The van der Waals surface area contributed by atoms with E-state index >= 15 is 0 Å². The Kier molecular flexibility index (Phi) is 5.50. The highest BCUT2D eigenvalue weighted by atomic mass is 32.1. The Morgan fingerprint density at radius 2 is 1.92 bits per heavy atom. The fourth-order valence-electron chi connectivity index (χ4n) is 2.29. The molecule has 6 heteroatoms.